The van der Waals surface area contributed by atoms with Crippen molar-refractivity contribution in [1.82, 2.24) is 14.9 Å². The van der Waals surface area contributed by atoms with E-state index in [9.17, 15) is 0 Å². The first-order valence-electron chi connectivity index (χ1n) is 7.82. The first kappa shape index (κ1) is 15.0. The first-order chi connectivity index (χ1) is 9.71. The van der Waals surface area contributed by atoms with Crippen LogP contribution in [0.25, 0.3) is 11.0 Å². The zero-order valence-corrected chi connectivity index (χ0v) is 13.2. The third-order valence-electron chi connectivity index (χ3n) is 4.29. The van der Waals surface area contributed by atoms with Gasteiger partial charge in [0, 0.05) is 19.0 Å². The molecule has 0 amide bonds. The van der Waals surface area contributed by atoms with Gasteiger partial charge in [-0.2, -0.15) is 0 Å². The highest BCUT2D eigenvalue weighted by Gasteiger charge is 2.18. The van der Waals surface area contributed by atoms with E-state index in [0.717, 1.165) is 24.9 Å². The maximum Gasteiger partial charge on any atom is 0.109 e. The van der Waals surface area contributed by atoms with Crippen molar-refractivity contribution in [1.29, 1.82) is 0 Å². The predicted octanol–water partition coefficient (Wildman–Crippen LogP) is 3.62. The minimum Gasteiger partial charge on any atom is -0.326 e. The molecule has 1 aromatic heterocycles. The van der Waals surface area contributed by atoms with E-state index in [4.69, 9.17) is 4.98 Å². The quantitative estimate of drug-likeness (QED) is 0.835. The molecule has 2 aromatic rings. The normalized spacial score (nSPS) is 14.6. The Bertz CT molecular complexity index is 544. The lowest BCUT2D eigenvalue weighted by atomic mass is 9.99. The van der Waals surface area contributed by atoms with E-state index in [0.29, 0.717) is 12.0 Å². The minimum absolute atomic E-state index is 0.494. The molecule has 3 nitrogen and oxygen atoms in total. The number of fused-ring (bicyclic) bond motifs is 1. The summed E-state index contributed by atoms with van der Waals surface area (Å²) in [6.45, 7) is 7.79. The molecule has 0 bridgehead atoms. The van der Waals surface area contributed by atoms with Gasteiger partial charge >= 0.3 is 0 Å². The Hall–Kier alpha value is -1.35. The maximum absolute atomic E-state index is 4.81. The fourth-order valence-corrected chi connectivity index (χ4v) is 2.78. The van der Waals surface area contributed by atoms with Gasteiger partial charge in [0.25, 0.3) is 0 Å². The summed E-state index contributed by atoms with van der Waals surface area (Å²) < 4.78 is 2.41. The van der Waals surface area contributed by atoms with E-state index in [-0.39, 0.29) is 0 Å². The van der Waals surface area contributed by atoms with Crippen LogP contribution in [0.2, 0.25) is 0 Å². The fourth-order valence-electron chi connectivity index (χ4n) is 2.78. The summed E-state index contributed by atoms with van der Waals surface area (Å²) in [5, 5.41) is 3.48. The smallest absolute Gasteiger partial charge is 0.109 e. The molecule has 1 N–H and O–H groups in total. The maximum atomic E-state index is 4.81. The van der Waals surface area contributed by atoms with Crippen LogP contribution in [0.1, 0.15) is 39.4 Å². The molecule has 0 saturated carbocycles. The van der Waals surface area contributed by atoms with Crippen LogP contribution in [-0.4, -0.2) is 22.6 Å². The number of nitrogens with zero attached hydrogens (tertiary/aromatic N) is 2. The van der Waals surface area contributed by atoms with Crippen LogP contribution in [0.15, 0.2) is 24.3 Å². The third-order valence-corrected chi connectivity index (χ3v) is 4.29. The number of aryl methyl sites for hydroxylation is 1. The van der Waals surface area contributed by atoms with Crippen molar-refractivity contribution in [3.63, 3.8) is 0 Å². The van der Waals surface area contributed by atoms with Gasteiger partial charge in [-0.1, -0.05) is 39.3 Å². The molecule has 0 fully saturated rings. The SMILES string of the molecule is CCCc1nc2ccccc2n1CC(NC)C(C)CC. The summed E-state index contributed by atoms with van der Waals surface area (Å²) in [6, 6.07) is 8.97. The molecule has 0 radical (unpaired) electrons. The molecule has 1 heterocycles. The molecule has 1 aromatic carbocycles. The van der Waals surface area contributed by atoms with Gasteiger partial charge in [0.2, 0.25) is 0 Å². The standard InChI is InChI=1S/C17H27N3/c1-5-9-17-19-14-10-7-8-11-16(14)20(17)12-15(18-4)13(3)6-2/h7-8,10-11,13,15,18H,5-6,9,12H2,1-4H3. The van der Waals surface area contributed by atoms with Crippen molar-refractivity contribution < 1.29 is 0 Å². The Balaban J connectivity index is 2.37. The predicted molar refractivity (Wildman–Crippen MR) is 86.0 cm³/mol. The number of benzene rings is 1. The fraction of sp³-hybridized carbons (Fsp3) is 0.588. The molecule has 0 aliphatic rings. The summed E-state index contributed by atoms with van der Waals surface area (Å²) in [5.41, 5.74) is 2.38. The second-order valence-electron chi connectivity index (χ2n) is 5.66. The Kier molecular flexibility index (Phi) is 5.18. The molecular formula is C17H27N3. The molecule has 2 rings (SSSR count). The van der Waals surface area contributed by atoms with Gasteiger partial charge in [0.15, 0.2) is 0 Å². The van der Waals surface area contributed by atoms with E-state index >= 15 is 0 Å². The van der Waals surface area contributed by atoms with Gasteiger partial charge in [-0.25, -0.2) is 4.98 Å². The van der Waals surface area contributed by atoms with Crippen LogP contribution in [0.5, 0.6) is 0 Å². The molecule has 2 atom stereocenters. The number of hydrogen-bond acceptors (Lipinski definition) is 2. The minimum atomic E-state index is 0.494. The van der Waals surface area contributed by atoms with Crippen molar-refractivity contribution in [2.45, 2.75) is 52.6 Å². The lowest BCUT2D eigenvalue weighted by molar-refractivity contribution is 0.347. The molecule has 0 aliphatic carbocycles. The van der Waals surface area contributed by atoms with E-state index in [1.807, 2.05) is 0 Å². The highest BCUT2D eigenvalue weighted by Crippen LogP contribution is 2.19. The summed E-state index contributed by atoms with van der Waals surface area (Å²) in [6.07, 6.45) is 3.38. The Labute approximate surface area is 122 Å². The first-order valence-corrected chi connectivity index (χ1v) is 7.82. The van der Waals surface area contributed by atoms with Crippen molar-refractivity contribution in [2.24, 2.45) is 5.92 Å². The van der Waals surface area contributed by atoms with Gasteiger partial charge in [0.1, 0.15) is 5.82 Å². The van der Waals surface area contributed by atoms with Crippen molar-refractivity contribution in [3.05, 3.63) is 30.1 Å². The van der Waals surface area contributed by atoms with E-state index in [2.05, 4.69) is 62.0 Å². The van der Waals surface area contributed by atoms with Gasteiger partial charge in [-0.3, -0.25) is 0 Å². The number of aromatic nitrogens is 2. The second kappa shape index (κ2) is 6.89. The van der Waals surface area contributed by atoms with Crippen LogP contribution < -0.4 is 5.32 Å². The number of hydrogen-bond donors (Lipinski definition) is 1. The van der Waals surface area contributed by atoms with Gasteiger partial charge in [-0.15, -0.1) is 0 Å². The van der Waals surface area contributed by atoms with Crippen molar-refractivity contribution in [3.8, 4) is 0 Å². The molecule has 110 valence electrons. The Morgan fingerprint density at radius 3 is 2.65 bits per heavy atom. The van der Waals surface area contributed by atoms with Gasteiger partial charge < -0.3 is 9.88 Å². The van der Waals surface area contributed by atoms with Crippen LogP contribution in [0.4, 0.5) is 0 Å². The highest BCUT2D eigenvalue weighted by molar-refractivity contribution is 5.75. The van der Waals surface area contributed by atoms with Crippen molar-refractivity contribution in [2.75, 3.05) is 7.05 Å². The van der Waals surface area contributed by atoms with Crippen LogP contribution in [0.3, 0.4) is 0 Å². The largest absolute Gasteiger partial charge is 0.326 e. The average molecular weight is 273 g/mol. The average Bonchev–Trinajstić information content (AvgIpc) is 2.82. The number of rotatable bonds is 7. The zero-order valence-electron chi connectivity index (χ0n) is 13.2. The van der Waals surface area contributed by atoms with Crippen LogP contribution in [0, 0.1) is 5.92 Å². The molecule has 3 heteroatoms. The molecule has 0 spiro atoms. The lowest BCUT2D eigenvalue weighted by Crippen LogP contribution is -2.36. The van der Waals surface area contributed by atoms with Crippen molar-refractivity contribution >= 4 is 11.0 Å². The van der Waals surface area contributed by atoms with E-state index in [1.165, 1.54) is 17.8 Å². The second-order valence-corrected chi connectivity index (χ2v) is 5.66. The van der Waals surface area contributed by atoms with Crippen LogP contribution >= 0.6 is 0 Å². The topological polar surface area (TPSA) is 29.9 Å². The Morgan fingerprint density at radius 1 is 1.25 bits per heavy atom. The third kappa shape index (κ3) is 3.04. The number of nitrogens with one attached hydrogen (secondary N) is 1. The number of imidazole rings is 1. The van der Waals surface area contributed by atoms with Crippen LogP contribution in [-0.2, 0) is 13.0 Å². The number of para-hydroxylation sites is 2. The highest BCUT2D eigenvalue weighted by atomic mass is 15.1. The Morgan fingerprint density at radius 2 is 2.00 bits per heavy atom. The van der Waals surface area contributed by atoms with E-state index in [1.54, 1.807) is 0 Å². The zero-order chi connectivity index (χ0) is 14.5. The summed E-state index contributed by atoms with van der Waals surface area (Å²) in [5.74, 6) is 1.88. The van der Waals surface area contributed by atoms with Gasteiger partial charge in [-0.05, 0) is 31.5 Å². The molecule has 20 heavy (non-hydrogen) atoms. The lowest BCUT2D eigenvalue weighted by Gasteiger charge is -2.24. The van der Waals surface area contributed by atoms with Gasteiger partial charge in [0.05, 0.1) is 11.0 Å². The molecular weight excluding hydrogens is 246 g/mol. The summed E-state index contributed by atoms with van der Waals surface area (Å²) in [7, 11) is 2.06. The number of likely N-dealkylation sites (N-methyl/N-ethyl adjacent to an activating group) is 1. The molecule has 0 aliphatic heterocycles. The van der Waals surface area contributed by atoms with E-state index < -0.39 is 0 Å². The summed E-state index contributed by atoms with van der Waals surface area (Å²) >= 11 is 0. The summed E-state index contributed by atoms with van der Waals surface area (Å²) in [4.78, 5) is 4.81. The molecule has 0 saturated heterocycles. The molecule has 2 unspecified atom stereocenters. The monoisotopic (exact) mass is 273 g/mol.